The summed E-state index contributed by atoms with van der Waals surface area (Å²) in [5.41, 5.74) is -1.14. The molecule has 1 aliphatic heterocycles. The zero-order chi connectivity index (χ0) is 13.4. The molecule has 5 heteroatoms. The van der Waals surface area contributed by atoms with Gasteiger partial charge in [0.15, 0.2) is 0 Å². The molecular weight excluding hydrogens is 243 g/mol. The van der Waals surface area contributed by atoms with E-state index in [0.717, 1.165) is 12.1 Å². The molecule has 1 aliphatic rings. The highest BCUT2D eigenvalue weighted by molar-refractivity contribution is 5.29. The second-order valence-electron chi connectivity index (χ2n) is 4.92. The number of hydrogen-bond donors (Lipinski definition) is 2. The van der Waals surface area contributed by atoms with Gasteiger partial charge in [0.1, 0.15) is 0 Å². The van der Waals surface area contributed by atoms with Gasteiger partial charge in [0, 0.05) is 6.04 Å². The smallest absolute Gasteiger partial charge is 0.385 e. The molecule has 0 spiro atoms. The van der Waals surface area contributed by atoms with Crippen LogP contribution < -0.4 is 5.32 Å². The lowest BCUT2D eigenvalue weighted by Gasteiger charge is -2.36. The number of halogens is 3. The first kappa shape index (κ1) is 13.4. The monoisotopic (exact) mass is 259 g/mol. The standard InChI is InChI=1S/C13H16F3NO/c1-9-8-12(18,6-7-17-9)10-2-4-11(5-3-10)13(14,15)16/h2-5,9,17-18H,6-8H2,1H3. The van der Waals surface area contributed by atoms with E-state index in [1.807, 2.05) is 6.92 Å². The third-order valence-electron chi connectivity index (χ3n) is 3.42. The minimum atomic E-state index is -4.33. The molecule has 2 N–H and O–H groups in total. The Morgan fingerprint density at radius 3 is 2.39 bits per heavy atom. The van der Waals surface area contributed by atoms with Crippen LogP contribution in [0.5, 0.6) is 0 Å². The summed E-state index contributed by atoms with van der Waals surface area (Å²) in [4.78, 5) is 0. The molecule has 1 fully saturated rings. The predicted molar refractivity (Wildman–Crippen MR) is 62.0 cm³/mol. The highest BCUT2D eigenvalue weighted by Crippen LogP contribution is 2.35. The number of aliphatic hydroxyl groups is 1. The first-order valence-corrected chi connectivity index (χ1v) is 5.95. The van der Waals surface area contributed by atoms with Crippen LogP contribution in [0.3, 0.4) is 0 Å². The van der Waals surface area contributed by atoms with Crippen LogP contribution in [0.15, 0.2) is 24.3 Å². The maximum atomic E-state index is 12.4. The quantitative estimate of drug-likeness (QED) is 0.812. The van der Waals surface area contributed by atoms with E-state index in [1.165, 1.54) is 12.1 Å². The number of benzene rings is 1. The summed E-state index contributed by atoms with van der Waals surface area (Å²) in [7, 11) is 0. The molecule has 18 heavy (non-hydrogen) atoms. The molecular formula is C13H16F3NO. The van der Waals surface area contributed by atoms with Crippen molar-refractivity contribution in [2.45, 2.75) is 37.6 Å². The summed E-state index contributed by atoms with van der Waals surface area (Å²) < 4.78 is 37.3. The van der Waals surface area contributed by atoms with E-state index in [1.54, 1.807) is 0 Å². The number of hydrogen-bond acceptors (Lipinski definition) is 2. The fourth-order valence-electron chi connectivity index (χ4n) is 2.44. The molecule has 100 valence electrons. The van der Waals surface area contributed by atoms with Crippen LogP contribution in [0.4, 0.5) is 13.2 Å². The molecule has 2 rings (SSSR count). The van der Waals surface area contributed by atoms with Crippen molar-refractivity contribution in [1.29, 1.82) is 0 Å². The molecule has 1 saturated heterocycles. The Bertz CT molecular complexity index is 415. The summed E-state index contributed by atoms with van der Waals surface area (Å²) in [5.74, 6) is 0. The largest absolute Gasteiger partial charge is 0.416 e. The lowest BCUT2D eigenvalue weighted by Crippen LogP contribution is -2.44. The van der Waals surface area contributed by atoms with Gasteiger partial charge in [-0.15, -0.1) is 0 Å². The van der Waals surface area contributed by atoms with Crippen molar-refractivity contribution in [2.24, 2.45) is 0 Å². The molecule has 0 aliphatic carbocycles. The van der Waals surface area contributed by atoms with E-state index in [2.05, 4.69) is 5.32 Å². The molecule has 0 radical (unpaired) electrons. The van der Waals surface area contributed by atoms with Crippen LogP contribution in [-0.4, -0.2) is 17.7 Å². The van der Waals surface area contributed by atoms with E-state index in [4.69, 9.17) is 0 Å². The van der Waals surface area contributed by atoms with Crippen molar-refractivity contribution < 1.29 is 18.3 Å². The average Bonchev–Trinajstić information content (AvgIpc) is 2.28. The highest BCUT2D eigenvalue weighted by Gasteiger charge is 2.35. The fraction of sp³-hybridized carbons (Fsp3) is 0.538. The minimum Gasteiger partial charge on any atom is -0.385 e. The van der Waals surface area contributed by atoms with Crippen LogP contribution in [0.1, 0.15) is 30.9 Å². The van der Waals surface area contributed by atoms with E-state index in [0.29, 0.717) is 24.9 Å². The second-order valence-corrected chi connectivity index (χ2v) is 4.92. The molecule has 2 atom stereocenters. The number of alkyl halides is 3. The van der Waals surface area contributed by atoms with Crippen molar-refractivity contribution in [3.05, 3.63) is 35.4 Å². The van der Waals surface area contributed by atoms with Crippen molar-refractivity contribution in [2.75, 3.05) is 6.54 Å². The predicted octanol–water partition coefficient (Wildman–Crippen LogP) is 2.66. The van der Waals surface area contributed by atoms with Gasteiger partial charge in [-0.05, 0) is 44.0 Å². The van der Waals surface area contributed by atoms with Crippen LogP contribution >= 0.6 is 0 Å². The van der Waals surface area contributed by atoms with Gasteiger partial charge < -0.3 is 10.4 Å². The molecule has 0 bridgehead atoms. The van der Waals surface area contributed by atoms with Crippen LogP contribution in [0, 0.1) is 0 Å². The van der Waals surface area contributed by atoms with Gasteiger partial charge in [0.25, 0.3) is 0 Å². The van der Waals surface area contributed by atoms with Gasteiger partial charge in [0.05, 0.1) is 11.2 Å². The van der Waals surface area contributed by atoms with Gasteiger partial charge in [-0.3, -0.25) is 0 Å². The van der Waals surface area contributed by atoms with Gasteiger partial charge in [-0.2, -0.15) is 13.2 Å². The summed E-state index contributed by atoms with van der Waals surface area (Å²) in [6.45, 7) is 2.62. The Morgan fingerprint density at radius 1 is 1.28 bits per heavy atom. The summed E-state index contributed by atoms with van der Waals surface area (Å²) in [6, 6.07) is 4.97. The second kappa shape index (κ2) is 4.55. The molecule has 0 aromatic heterocycles. The van der Waals surface area contributed by atoms with Crippen LogP contribution in [0.25, 0.3) is 0 Å². The normalized spacial score (nSPS) is 29.3. The Kier molecular flexibility index (Phi) is 3.38. The molecule has 2 unspecified atom stereocenters. The average molecular weight is 259 g/mol. The molecule has 0 saturated carbocycles. The van der Waals surface area contributed by atoms with Gasteiger partial charge >= 0.3 is 6.18 Å². The number of nitrogens with one attached hydrogen (secondary N) is 1. The highest BCUT2D eigenvalue weighted by atomic mass is 19.4. The Hall–Kier alpha value is -1.07. The molecule has 2 nitrogen and oxygen atoms in total. The van der Waals surface area contributed by atoms with Crippen molar-refractivity contribution in [3.63, 3.8) is 0 Å². The van der Waals surface area contributed by atoms with Crippen molar-refractivity contribution in [3.8, 4) is 0 Å². The molecule has 1 heterocycles. The minimum absolute atomic E-state index is 0.158. The summed E-state index contributed by atoms with van der Waals surface area (Å²) in [5, 5.41) is 13.7. The maximum Gasteiger partial charge on any atom is 0.416 e. The zero-order valence-corrected chi connectivity index (χ0v) is 10.1. The molecule has 0 amide bonds. The van der Waals surface area contributed by atoms with Crippen molar-refractivity contribution >= 4 is 0 Å². The fourth-order valence-corrected chi connectivity index (χ4v) is 2.44. The Balaban J connectivity index is 2.23. The van der Waals surface area contributed by atoms with E-state index < -0.39 is 17.3 Å². The number of piperidine rings is 1. The maximum absolute atomic E-state index is 12.4. The van der Waals surface area contributed by atoms with Gasteiger partial charge in [0.2, 0.25) is 0 Å². The Labute approximate surface area is 104 Å². The van der Waals surface area contributed by atoms with Gasteiger partial charge in [-0.1, -0.05) is 12.1 Å². The lowest BCUT2D eigenvalue weighted by atomic mass is 9.82. The topological polar surface area (TPSA) is 32.3 Å². The third kappa shape index (κ3) is 2.67. The van der Waals surface area contributed by atoms with Gasteiger partial charge in [-0.25, -0.2) is 0 Å². The Morgan fingerprint density at radius 2 is 1.89 bits per heavy atom. The summed E-state index contributed by atoms with van der Waals surface area (Å²) >= 11 is 0. The van der Waals surface area contributed by atoms with Crippen molar-refractivity contribution in [1.82, 2.24) is 5.32 Å². The lowest BCUT2D eigenvalue weighted by molar-refractivity contribution is -0.137. The molecule has 1 aromatic carbocycles. The van der Waals surface area contributed by atoms with E-state index >= 15 is 0 Å². The van der Waals surface area contributed by atoms with Crippen LogP contribution in [0.2, 0.25) is 0 Å². The van der Waals surface area contributed by atoms with E-state index in [-0.39, 0.29) is 6.04 Å². The number of rotatable bonds is 1. The summed E-state index contributed by atoms with van der Waals surface area (Å²) in [6.07, 6.45) is -3.30. The zero-order valence-electron chi connectivity index (χ0n) is 10.1. The SMILES string of the molecule is CC1CC(O)(c2ccc(C(F)(F)F)cc2)CCN1. The van der Waals surface area contributed by atoms with E-state index in [9.17, 15) is 18.3 Å². The molecule has 1 aromatic rings. The first-order valence-electron chi connectivity index (χ1n) is 5.95. The third-order valence-corrected chi connectivity index (χ3v) is 3.42. The first-order chi connectivity index (χ1) is 8.31. The van der Waals surface area contributed by atoms with Crippen LogP contribution in [-0.2, 0) is 11.8 Å².